The molecule has 2 fully saturated rings. The van der Waals surface area contributed by atoms with E-state index in [2.05, 4.69) is 13.2 Å². The number of aliphatic hydroxyl groups excluding tert-OH is 1. The zero-order valence-corrected chi connectivity index (χ0v) is 20.4. The molecule has 3 heterocycles. The van der Waals surface area contributed by atoms with Gasteiger partial charge >= 0.3 is 18.2 Å². The van der Waals surface area contributed by atoms with Crippen molar-refractivity contribution in [2.75, 3.05) is 26.4 Å². The summed E-state index contributed by atoms with van der Waals surface area (Å²) in [6, 6.07) is -0.946. The molecule has 11 nitrogen and oxygen atoms in total. The van der Waals surface area contributed by atoms with E-state index in [1.54, 1.807) is 6.92 Å². The molecular weight excluding hydrogens is 480 g/mol. The van der Waals surface area contributed by atoms with Crippen molar-refractivity contribution >= 4 is 35.9 Å². The fourth-order valence-corrected chi connectivity index (χ4v) is 6.36. The van der Waals surface area contributed by atoms with Crippen molar-refractivity contribution < 1.29 is 43.6 Å². The summed E-state index contributed by atoms with van der Waals surface area (Å²) >= 11 is 1.29. The number of aliphatic hydroxyl groups is 1. The van der Waals surface area contributed by atoms with Gasteiger partial charge in [-0.3, -0.25) is 4.79 Å². The van der Waals surface area contributed by atoms with E-state index in [0.29, 0.717) is 11.3 Å². The molecule has 0 spiro atoms. The van der Waals surface area contributed by atoms with Gasteiger partial charge in [-0.1, -0.05) is 32.2 Å². The number of thioether (sulfide) groups is 1. The summed E-state index contributed by atoms with van der Waals surface area (Å²) in [5.74, 6) is -2.72. The average Bonchev–Trinajstić information content (AvgIpc) is 3.33. The summed E-state index contributed by atoms with van der Waals surface area (Å²) in [4.78, 5) is 52.4. The van der Waals surface area contributed by atoms with E-state index in [-0.39, 0.29) is 43.2 Å². The highest BCUT2D eigenvalue weighted by atomic mass is 32.2. The molecule has 192 valence electrons. The Morgan fingerprint density at radius 1 is 1.23 bits per heavy atom. The van der Waals surface area contributed by atoms with Crippen molar-refractivity contribution in [3.05, 3.63) is 35.9 Å². The number of hydrogen-bond acceptors (Lipinski definition) is 9. The quantitative estimate of drug-likeness (QED) is 0.254. The van der Waals surface area contributed by atoms with Crippen molar-refractivity contribution in [3.63, 3.8) is 0 Å². The number of β-lactam (4-membered cyclic amide) rings is 1. The number of carbonyl (C=O) groups excluding carboxylic acids is 3. The maximum Gasteiger partial charge on any atom is 0.508 e. The molecule has 0 aliphatic carbocycles. The molecule has 0 saturated carbocycles. The number of fused-ring (bicyclic) bond motifs is 1. The third kappa shape index (κ3) is 5.18. The number of aliphatic carboxylic acids is 1. The third-order valence-electron chi connectivity index (χ3n) is 6.34. The molecule has 2 amide bonds. The van der Waals surface area contributed by atoms with Gasteiger partial charge < -0.3 is 34.2 Å². The summed E-state index contributed by atoms with van der Waals surface area (Å²) < 4.78 is 15.1. The second-order valence-electron chi connectivity index (χ2n) is 8.53. The lowest BCUT2D eigenvalue weighted by molar-refractivity contribution is -0.164. The number of carboxylic acid groups (broad SMARTS) is 1. The van der Waals surface area contributed by atoms with E-state index >= 15 is 0 Å². The van der Waals surface area contributed by atoms with Crippen LogP contribution in [-0.4, -0.2) is 93.9 Å². The van der Waals surface area contributed by atoms with E-state index in [9.17, 15) is 29.4 Å². The summed E-state index contributed by atoms with van der Waals surface area (Å²) in [6.45, 7) is 10.4. The first-order valence-corrected chi connectivity index (χ1v) is 12.1. The number of hydrogen-bond donors (Lipinski definition) is 2. The van der Waals surface area contributed by atoms with E-state index in [1.807, 2.05) is 6.92 Å². The number of nitrogens with zero attached hydrogens (tertiary/aromatic N) is 2. The molecule has 0 radical (unpaired) electrons. The van der Waals surface area contributed by atoms with Gasteiger partial charge in [0.1, 0.15) is 25.0 Å². The molecule has 6 atom stereocenters. The lowest BCUT2D eigenvalue weighted by Gasteiger charge is -2.46. The van der Waals surface area contributed by atoms with Crippen LogP contribution in [-0.2, 0) is 23.8 Å². The number of carbonyl (C=O) groups is 4. The second kappa shape index (κ2) is 11.2. The van der Waals surface area contributed by atoms with Crippen LogP contribution in [0.2, 0.25) is 0 Å². The first-order valence-electron chi connectivity index (χ1n) is 11.2. The van der Waals surface area contributed by atoms with Gasteiger partial charge in [-0.2, -0.15) is 0 Å². The smallest absolute Gasteiger partial charge is 0.477 e. The molecule has 0 bridgehead atoms. The van der Waals surface area contributed by atoms with E-state index < -0.39 is 48.2 Å². The number of likely N-dealkylation sites (tertiary alicyclic amines) is 1. The highest BCUT2D eigenvalue weighted by Gasteiger charge is 2.61. The van der Waals surface area contributed by atoms with Gasteiger partial charge in [-0.05, 0) is 13.3 Å². The summed E-state index contributed by atoms with van der Waals surface area (Å²) in [7, 11) is 0. The number of rotatable bonds is 10. The Hall–Kier alpha value is -2.99. The minimum absolute atomic E-state index is 0.0317. The minimum Gasteiger partial charge on any atom is -0.477 e. The van der Waals surface area contributed by atoms with Gasteiger partial charge in [0.05, 0.1) is 24.6 Å². The molecule has 3 aliphatic heterocycles. The van der Waals surface area contributed by atoms with Crippen LogP contribution in [0, 0.1) is 11.8 Å². The lowest BCUT2D eigenvalue weighted by Crippen LogP contribution is -2.64. The first kappa shape index (κ1) is 26.6. The highest BCUT2D eigenvalue weighted by molar-refractivity contribution is 8.03. The Balaban J connectivity index is 1.74. The van der Waals surface area contributed by atoms with Crippen LogP contribution in [0.3, 0.4) is 0 Å². The van der Waals surface area contributed by atoms with Crippen LogP contribution < -0.4 is 0 Å². The van der Waals surface area contributed by atoms with E-state index in [4.69, 9.17) is 14.2 Å². The molecule has 0 aromatic rings. The second-order valence-corrected chi connectivity index (χ2v) is 9.88. The van der Waals surface area contributed by atoms with Gasteiger partial charge in [0, 0.05) is 22.6 Å². The van der Waals surface area contributed by atoms with E-state index in [0.717, 1.165) is 0 Å². The third-order valence-corrected chi connectivity index (χ3v) is 7.83. The Bertz CT molecular complexity index is 936. The van der Waals surface area contributed by atoms with Gasteiger partial charge in [-0.15, -0.1) is 11.8 Å². The Labute approximate surface area is 207 Å². The largest absolute Gasteiger partial charge is 0.508 e. The predicted molar refractivity (Wildman–Crippen MR) is 125 cm³/mol. The summed E-state index contributed by atoms with van der Waals surface area (Å²) in [5.41, 5.74) is -0.0941. The lowest BCUT2D eigenvalue weighted by atomic mass is 9.79. The number of amides is 2. The number of ether oxygens (including phenoxy) is 3. The molecule has 3 rings (SSSR count). The minimum atomic E-state index is -1.23. The summed E-state index contributed by atoms with van der Waals surface area (Å²) in [5, 5.41) is 19.4. The molecule has 12 heteroatoms. The first-order chi connectivity index (χ1) is 16.7. The standard InChI is InChI=1S/C23H30N2O9S/c1-5-7-32-22(30)24-10-15(9-14(24)11-26)35-19-12(3)17-16(13(4)34-23(31)33-8-6-2)20(27)25(17)18(19)21(28)29/h5-6,12-17,26H,1-2,7-11H2,3-4H3,(H,28,29)/t12-,13-,14+,15+,16-,17-/m1/s1. The van der Waals surface area contributed by atoms with E-state index in [1.165, 1.54) is 33.7 Å². The molecule has 0 aromatic carbocycles. The topological polar surface area (TPSA) is 143 Å². The fourth-order valence-electron chi connectivity index (χ4n) is 4.80. The van der Waals surface area contributed by atoms with Crippen LogP contribution >= 0.6 is 11.8 Å². The molecule has 3 aliphatic rings. The van der Waals surface area contributed by atoms with Crippen LogP contribution in [0.25, 0.3) is 0 Å². The van der Waals surface area contributed by atoms with Crippen molar-refractivity contribution in [1.82, 2.24) is 9.80 Å². The van der Waals surface area contributed by atoms with Crippen molar-refractivity contribution in [3.8, 4) is 0 Å². The molecule has 0 aromatic heterocycles. The normalized spacial score (nSPS) is 28.2. The summed E-state index contributed by atoms with van der Waals surface area (Å²) in [6.07, 6.45) is 0.943. The van der Waals surface area contributed by atoms with Crippen molar-refractivity contribution in [1.29, 1.82) is 0 Å². The number of carboxylic acids is 1. The highest BCUT2D eigenvalue weighted by Crippen LogP contribution is 2.52. The average molecular weight is 511 g/mol. The molecular formula is C23H30N2O9S. The van der Waals surface area contributed by atoms with Gasteiger partial charge in [-0.25, -0.2) is 14.4 Å². The van der Waals surface area contributed by atoms with Crippen LogP contribution in [0.1, 0.15) is 20.3 Å². The van der Waals surface area contributed by atoms with Crippen molar-refractivity contribution in [2.45, 2.75) is 43.7 Å². The fraction of sp³-hybridized carbons (Fsp3) is 0.565. The Kier molecular flexibility index (Phi) is 8.49. The predicted octanol–water partition coefficient (Wildman–Crippen LogP) is 1.98. The van der Waals surface area contributed by atoms with Crippen LogP contribution in [0.15, 0.2) is 35.9 Å². The van der Waals surface area contributed by atoms with Crippen molar-refractivity contribution in [2.24, 2.45) is 11.8 Å². The Morgan fingerprint density at radius 2 is 1.89 bits per heavy atom. The SMILES string of the molecule is C=CCOC(=O)O[C@H](C)[C@H]1C(=O)N2C(C(=O)O)=C(S[C@H]3C[C@@H](CO)N(C(=O)OCC=C)C3)[C@H](C)[C@H]12. The maximum atomic E-state index is 12.9. The molecule has 2 saturated heterocycles. The Morgan fingerprint density at radius 3 is 2.49 bits per heavy atom. The van der Waals surface area contributed by atoms with Gasteiger partial charge in [0.25, 0.3) is 0 Å². The molecule has 35 heavy (non-hydrogen) atoms. The molecule has 0 unspecified atom stereocenters. The zero-order valence-electron chi connectivity index (χ0n) is 19.6. The van der Waals surface area contributed by atoms with Gasteiger partial charge in [0.15, 0.2) is 0 Å². The van der Waals surface area contributed by atoms with Gasteiger partial charge in [0.2, 0.25) is 5.91 Å². The maximum absolute atomic E-state index is 12.9. The molecule has 2 N–H and O–H groups in total. The van der Waals surface area contributed by atoms with Crippen LogP contribution in [0.4, 0.5) is 9.59 Å². The van der Waals surface area contributed by atoms with Crippen LogP contribution in [0.5, 0.6) is 0 Å². The monoisotopic (exact) mass is 510 g/mol. The zero-order chi connectivity index (χ0) is 25.9.